The van der Waals surface area contributed by atoms with Crippen LogP contribution in [0.5, 0.6) is 0 Å². The second-order valence-electron chi connectivity index (χ2n) is 3.11. The van der Waals surface area contributed by atoms with E-state index >= 15 is 0 Å². The van der Waals surface area contributed by atoms with E-state index in [0.717, 1.165) is 16.9 Å². The SMILES string of the molecule is Nc1cnn(-c2cccc(C(F)(F)F)c2)n1. The van der Waals surface area contributed by atoms with Crippen molar-refractivity contribution in [1.82, 2.24) is 15.0 Å². The van der Waals surface area contributed by atoms with Crippen molar-refractivity contribution < 1.29 is 13.2 Å². The Hall–Kier alpha value is -2.05. The molecule has 0 saturated carbocycles. The lowest BCUT2D eigenvalue weighted by Crippen LogP contribution is -2.07. The van der Waals surface area contributed by atoms with Crippen molar-refractivity contribution in [2.24, 2.45) is 0 Å². The first kappa shape index (κ1) is 10.5. The quantitative estimate of drug-likeness (QED) is 0.810. The van der Waals surface area contributed by atoms with Gasteiger partial charge in [0.05, 0.1) is 17.4 Å². The van der Waals surface area contributed by atoms with Gasteiger partial charge >= 0.3 is 6.18 Å². The van der Waals surface area contributed by atoms with E-state index in [4.69, 9.17) is 5.73 Å². The van der Waals surface area contributed by atoms with Crippen molar-refractivity contribution in [3.63, 3.8) is 0 Å². The smallest absolute Gasteiger partial charge is 0.381 e. The summed E-state index contributed by atoms with van der Waals surface area (Å²) in [6, 6.07) is 4.70. The fourth-order valence-corrected chi connectivity index (χ4v) is 1.21. The third-order valence-corrected chi connectivity index (χ3v) is 1.91. The van der Waals surface area contributed by atoms with Crippen molar-refractivity contribution >= 4 is 5.82 Å². The highest BCUT2D eigenvalue weighted by Gasteiger charge is 2.30. The van der Waals surface area contributed by atoms with E-state index in [2.05, 4.69) is 10.2 Å². The molecule has 7 heteroatoms. The van der Waals surface area contributed by atoms with Gasteiger partial charge in [-0.05, 0) is 18.2 Å². The molecular weight excluding hydrogens is 221 g/mol. The monoisotopic (exact) mass is 228 g/mol. The predicted molar refractivity (Wildman–Crippen MR) is 50.8 cm³/mol. The van der Waals surface area contributed by atoms with Gasteiger partial charge in [-0.25, -0.2) is 0 Å². The Kier molecular flexibility index (Phi) is 2.30. The number of benzene rings is 1. The molecule has 0 amide bonds. The van der Waals surface area contributed by atoms with E-state index in [1.54, 1.807) is 0 Å². The van der Waals surface area contributed by atoms with Crippen molar-refractivity contribution in [2.75, 3.05) is 5.73 Å². The van der Waals surface area contributed by atoms with E-state index in [0.29, 0.717) is 0 Å². The van der Waals surface area contributed by atoms with Crippen LogP contribution < -0.4 is 5.73 Å². The van der Waals surface area contributed by atoms with Crippen LogP contribution in [0.1, 0.15) is 5.56 Å². The fraction of sp³-hybridized carbons (Fsp3) is 0.111. The molecule has 0 saturated heterocycles. The number of hydrogen-bond acceptors (Lipinski definition) is 3. The standard InChI is InChI=1S/C9H7F3N4/c10-9(11,12)6-2-1-3-7(4-6)16-14-5-8(13)15-16/h1-5H,(H2,13,15). The molecule has 0 bridgehead atoms. The maximum atomic E-state index is 12.4. The van der Waals surface area contributed by atoms with Crippen molar-refractivity contribution in [2.45, 2.75) is 6.18 Å². The van der Waals surface area contributed by atoms with Gasteiger partial charge in [0, 0.05) is 0 Å². The average molecular weight is 228 g/mol. The molecule has 16 heavy (non-hydrogen) atoms. The summed E-state index contributed by atoms with van der Waals surface area (Å²) >= 11 is 0. The molecule has 0 atom stereocenters. The third-order valence-electron chi connectivity index (χ3n) is 1.91. The Morgan fingerprint density at radius 1 is 1.25 bits per heavy atom. The number of nitrogens with zero attached hydrogens (tertiary/aromatic N) is 3. The lowest BCUT2D eigenvalue weighted by atomic mass is 10.2. The van der Waals surface area contributed by atoms with Gasteiger partial charge in [0.1, 0.15) is 0 Å². The Bertz CT molecular complexity index is 503. The van der Waals surface area contributed by atoms with Gasteiger partial charge in [-0.3, -0.25) is 0 Å². The molecule has 2 N–H and O–H groups in total. The molecule has 1 aromatic heterocycles. The molecule has 0 aliphatic rings. The molecule has 2 rings (SSSR count). The summed E-state index contributed by atoms with van der Waals surface area (Å²) in [5, 5.41) is 7.44. The van der Waals surface area contributed by atoms with Crippen LogP contribution in [0.25, 0.3) is 5.69 Å². The highest BCUT2D eigenvalue weighted by molar-refractivity contribution is 5.36. The van der Waals surface area contributed by atoms with Crippen LogP contribution in [0.2, 0.25) is 0 Å². The summed E-state index contributed by atoms with van der Waals surface area (Å²) in [7, 11) is 0. The van der Waals surface area contributed by atoms with E-state index in [1.807, 2.05) is 0 Å². The number of halogens is 3. The van der Waals surface area contributed by atoms with Gasteiger partial charge in [-0.2, -0.15) is 18.3 Å². The number of rotatable bonds is 1. The van der Waals surface area contributed by atoms with E-state index in [9.17, 15) is 13.2 Å². The average Bonchev–Trinajstić information content (AvgIpc) is 2.64. The van der Waals surface area contributed by atoms with E-state index in [-0.39, 0.29) is 11.5 Å². The molecular formula is C9H7F3N4. The predicted octanol–water partition coefficient (Wildman–Crippen LogP) is 1.87. The molecule has 2 aromatic rings. The van der Waals surface area contributed by atoms with E-state index in [1.165, 1.54) is 18.3 Å². The molecule has 0 radical (unpaired) electrons. The first-order valence-electron chi connectivity index (χ1n) is 4.32. The first-order chi connectivity index (χ1) is 7.47. The van der Waals surface area contributed by atoms with Crippen LogP contribution in [-0.2, 0) is 6.18 Å². The molecule has 1 aromatic carbocycles. The second kappa shape index (κ2) is 3.51. The number of aromatic nitrogens is 3. The zero-order valence-corrected chi connectivity index (χ0v) is 7.94. The minimum absolute atomic E-state index is 0.150. The van der Waals surface area contributed by atoms with Crippen molar-refractivity contribution in [3.05, 3.63) is 36.0 Å². The Morgan fingerprint density at radius 2 is 2.00 bits per heavy atom. The van der Waals surface area contributed by atoms with Crippen molar-refractivity contribution in [1.29, 1.82) is 0 Å². The van der Waals surface area contributed by atoms with Crippen LogP contribution in [0.15, 0.2) is 30.5 Å². The summed E-state index contributed by atoms with van der Waals surface area (Å²) in [5.74, 6) is 0.150. The fourth-order valence-electron chi connectivity index (χ4n) is 1.21. The van der Waals surface area contributed by atoms with Gasteiger partial charge in [0.2, 0.25) is 0 Å². The lowest BCUT2D eigenvalue weighted by Gasteiger charge is -2.07. The summed E-state index contributed by atoms with van der Waals surface area (Å²) < 4.78 is 37.2. The molecule has 0 aliphatic carbocycles. The minimum atomic E-state index is -4.38. The van der Waals surface area contributed by atoms with Crippen LogP contribution in [0.3, 0.4) is 0 Å². The molecule has 0 spiro atoms. The lowest BCUT2D eigenvalue weighted by molar-refractivity contribution is -0.137. The Labute approximate surface area is 88.5 Å². The van der Waals surface area contributed by atoms with Gasteiger partial charge < -0.3 is 5.73 Å². The van der Waals surface area contributed by atoms with Crippen LogP contribution in [0.4, 0.5) is 19.0 Å². The summed E-state index contributed by atoms with van der Waals surface area (Å²) in [4.78, 5) is 1.05. The maximum Gasteiger partial charge on any atom is 0.416 e. The number of hydrogen-bond donors (Lipinski definition) is 1. The zero-order valence-electron chi connectivity index (χ0n) is 7.94. The van der Waals surface area contributed by atoms with Gasteiger partial charge in [0.15, 0.2) is 5.82 Å². The normalized spacial score (nSPS) is 11.7. The summed E-state index contributed by atoms with van der Waals surface area (Å²) in [6.07, 6.45) is -3.12. The van der Waals surface area contributed by atoms with Gasteiger partial charge in [0.25, 0.3) is 0 Å². The molecule has 1 heterocycles. The Balaban J connectivity index is 2.44. The molecule has 0 aliphatic heterocycles. The molecule has 4 nitrogen and oxygen atoms in total. The summed E-state index contributed by atoms with van der Waals surface area (Å²) in [5.41, 5.74) is 4.79. The highest BCUT2D eigenvalue weighted by Crippen LogP contribution is 2.30. The van der Waals surface area contributed by atoms with Crippen LogP contribution in [0, 0.1) is 0 Å². The highest BCUT2D eigenvalue weighted by atomic mass is 19.4. The number of nitrogen functional groups attached to an aromatic ring is 1. The van der Waals surface area contributed by atoms with Crippen LogP contribution in [-0.4, -0.2) is 15.0 Å². The minimum Gasteiger partial charge on any atom is -0.381 e. The molecule has 84 valence electrons. The molecule has 0 unspecified atom stereocenters. The second-order valence-corrected chi connectivity index (χ2v) is 3.11. The third kappa shape index (κ3) is 1.97. The number of alkyl halides is 3. The first-order valence-corrected chi connectivity index (χ1v) is 4.32. The van der Waals surface area contributed by atoms with Crippen LogP contribution >= 0.6 is 0 Å². The van der Waals surface area contributed by atoms with Crippen molar-refractivity contribution in [3.8, 4) is 5.69 Å². The summed E-state index contributed by atoms with van der Waals surface area (Å²) in [6.45, 7) is 0. The van der Waals surface area contributed by atoms with Gasteiger partial charge in [-0.15, -0.1) is 9.90 Å². The maximum absolute atomic E-state index is 12.4. The van der Waals surface area contributed by atoms with Gasteiger partial charge in [-0.1, -0.05) is 6.07 Å². The zero-order chi connectivity index (χ0) is 11.8. The number of anilines is 1. The Morgan fingerprint density at radius 3 is 2.56 bits per heavy atom. The topological polar surface area (TPSA) is 56.7 Å². The number of nitrogens with two attached hydrogens (primary N) is 1. The van der Waals surface area contributed by atoms with E-state index < -0.39 is 11.7 Å². The largest absolute Gasteiger partial charge is 0.416 e. The molecule has 0 fully saturated rings.